The Kier molecular flexibility index (Phi) is 4.84. The Morgan fingerprint density at radius 1 is 1.16 bits per heavy atom. The first kappa shape index (κ1) is 16.8. The summed E-state index contributed by atoms with van der Waals surface area (Å²) in [6.45, 7) is 3.77. The minimum Gasteiger partial charge on any atom is -0.497 e. The Morgan fingerprint density at radius 3 is 2.64 bits per heavy atom. The number of aryl methyl sites for hydroxylation is 2. The van der Waals surface area contributed by atoms with Gasteiger partial charge in [-0.25, -0.2) is 4.79 Å². The average Bonchev–Trinajstić information content (AvgIpc) is 2.95. The lowest BCUT2D eigenvalue weighted by molar-refractivity contribution is -0.138. The summed E-state index contributed by atoms with van der Waals surface area (Å²) in [7, 11) is 1.65. The van der Waals surface area contributed by atoms with Crippen LogP contribution in [-0.2, 0) is 16.1 Å². The summed E-state index contributed by atoms with van der Waals surface area (Å²) in [5.74, 6) is 1.08. The lowest BCUT2D eigenvalue weighted by atomic mass is 10.1. The number of methoxy groups -OCH3 is 1. The van der Waals surface area contributed by atoms with Crippen LogP contribution in [0, 0.1) is 13.8 Å². The third-order valence-electron chi connectivity index (χ3n) is 4.02. The van der Waals surface area contributed by atoms with Crippen molar-refractivity contribution in [2.75, 3.05) is 7.11 Å². The van der Waals surface area contributed by atoms with E-state index < -0.39 is 5.97 Å². The minimum atomic E-state index is -0.408. The van der Waals surface area contributed by atoms with Gasteiger partial charge in [-0.2, -0.15) is 0 Å². The van der Waals surface area contributed by atoms with Crippen molar-refractivity contribution >= 4 is 22.8 Å². The van der Waals surface area contributed by atoms with Crippen LogP contribution in [-0.4, -0.2) is 18.2 Å². The van der Waals surface area contributed by atoms with E-state index in [1.807, 2.05) is 43.3 Å². The van der Waals surface area contributed by atoms with Crippen molar-refractivity contribution in [1.82, 2.24) is 5.16 Å². The van der Waals surface area contributed by atoms with Crippen LogP contribution in [0.15, 0.2) is 47.0 Å². The summed E-state index contributed by atoms with van der Waals surface area (Å²) in [6, 6.07) is 11.8. The van der Waals surface area contributed by atoms with Crippen LogP contribution in [0.5, 0.6) is 5.75 Å². The molecule has 3 rings (SSSR count). The number of aromatic nitrogens is 1. The van der Waals surface area contributed by atoms with Crippen molar-refractivity contribution in [3.8, 4) is 5.75 Å². The first-order valence-electron chi connectivity index (χ1n) is 7.91. The highest BCUT2D eigenvalue weighted by Gasteiger charge is 2.10. The van der Waals surface area contributed by atoms with E-state index in [-0.39, 0.29) is 6.61 Å². The molecular formula is C20H19NO4. The molecule has 0 N–H and O–H groups in total. The molecule has 0 atom stereocenters. The van der Waals surface area contributed by atoms with E-state index in [0.29, 0.717) is 5.76 Å². The molecule has 0 radical (unpaired) electrons. The van der Waals surface area contributed by atoms with Gasteiger partial charge in [0.25, 0.3) is 0 Å². The van der Waals surface area contributed by atoms with Gasteiger partial charge in [0.2, 0.25) is 0 Å². The molecule has 0 saturated carbocycles. The number of nitrogens with zero attached hydrogens (tertiary/aromatic N) is 1. The fourth-order valence-electron chi connectivity index (χ4n) is 2.54. The third kappa shape index (κ3) is 3.88. The zero-order valence-corrected chi connectivity index (χ0v) is 14.4. The van der Waals surface area contributed by atoms with Gasteiger partial charge in [0.05, 0.1) is 18.4 Å². The van der Waals surface area contributed by atoms with Gasteiger partial charge in [0, 0.05) is 6.08 Å². The quantitative estimate of drug-likeness (QED) is 0.515. The number of ether oxygens (including phenoxy) is 2. The molecule has 0 unspecified atom stereocenters. The van der Waals surface area contributed by atoms with E-state index in [4.69, 9.17) is 14.0 Å². The summed E-state index contributed by atoms with van der Waals surface area (Å²) in [5, 5.41) is 5.99. The lowest BCUT2D eigenvalue weighted by Gasteiger charge is -2.04. The second kappa shape index (κ2) is 7.21. The van der Waals surface area contributed by atoms with Crippen LogP contribution >= 0.6 is 0 Å². The number of rotatable bonds is 5. The molecule has 0 aliphatic carbocycles. The predicted octanol–water partition coefficient (Wildman–Crippen LogP) is 4.21. The van der Waals surface area contributed by atoms with Crippen molar-refractivity contribution in [3.63, 3.8) is 0 Å². The monoisotopic (exact) mass is 337 g/mol. The first-order valence-corrected chi connectivity index (χ1v) is 7.91. The van der Waals surface area contributed by atoms with Crippen LogP contribution in [0.1, 0.15) is 22.6 Å². The summed E-state index contributed by atoms with van der Waals surface area (Å²) >= 11 is 0. The van der Waals surface area contributed by atoms with E-state index in [0.717, 1.165) is 33.3 Å². The molecule has 2 aromatic carbocycles. The van der Waals surface area contributed by atoms with Crippen molar-refractivity contribution in [1.29, 1.82) is 0 Å². The molecule has 0 spiro atoms. The zero-order valence-electron chi connectivity index (χ0n) is 14.4. The maximum absolute atomic E-state index is 11.9. The number of hydrogen-bond donors (Lipinski definition) is 0. The fourth-order valence-corrected chi connectivity index (χ4v) is 2.54. The highest BCUT2D eigenvalue weighted by Crippen LogP contribution is 2.22. The van der Waals surface area contributed by atoms with E-state index in [1.165, 1.54) is 6.08 Å². The molecule has 1 heterocycles. The molecule has 0 aliphatic heterocycles. The smallest absolute Gasteiger partial charge is 0.331 e. The molecule has 128 valence electrons. The van der Waals surface area contributed by atoms with Crippen LogP contribution in [0.3, 0.4) is 0 Å². The molecule has 0 amide bonds. The summed E-state index contributed by atoms with van der Waals surface area (Å²) in [4.78, 5) is 11.9. The minimum absolute atomic E-state index is 0.155. The highest BCUT2D eigenvalue weighted by molar-refractivity contribution is 5.90. The van der Waals surface area contributed by atoms with Crippen LogP contribution < -0.4 is 4.74 Å². The average molecular weight is 337 g/mol. The van der Waals surface area contributed by atoms with Gasteiger partial charge in [-0.15, -0.1) is 0 Å². The van der Waals surface area contributed by atoms with Gasteiger partial charge in [-0.1, -0.05) is 23.4 Å². The molecule has 1 aromatic heterocycles. The maximum Gasteiger partial charge on any atom is 0.331 e. The van der Waals surface area contributed by atoms with Gasteiger partial charge in [0.15, 0.2) is 0 Å². The Morgan fingerprint density at radius 2 is 1.92 bits per heavy atom. The topological polar surface area (TPSA) is 61.6 Å². The molecular weight excluding hydrogens is 318 g/mol. The zero-order chi connectivity index (χ0) is 17.8. The molecule has 0 saturated heterocycles. The molecule has 3 aromatic rings. The summed E-state index contributed by atoms with van der Waals surface area (Å²) in [6.07, 6.45) is 3.15. The van der Waals surface area contributed by atoms with Crippen molar-refractivity contribution < 1.29 is 18.8 Å². The molecule has 0 aliphatic rings. The van der Waals surface area contributed by atoms with Gasteiger partial charge in [-0.3, -0.25) is 0 Å². The molecule has 0 fully saturated rings. The van der Waals surface area contributed by atoms with Crippen LogP contribution in [0.2, 0.25) is 0 Å². The number of benzene rings is 2. The van der Waals surface area contributed by atoms with Gasteiger partial charge < -0.3 is 14.0 Å². The maximum atomic E-state index is 11.9. The standard InChI is InChI=1S/C20H19NO4/c1-13-19(14(2)25-21-13)12-24-20(22)9-5-15-4-6-17-11-18(23-3)8-7-16(17)10-15/h4-11H,12H2,1-3H3/b9-5+. The molecule has 5 heteroatoms. The summed E-state index contributed by atoms with van der Waals surface area (Å²) < 4.78 is 15.5. The summed E-state index contributed by atoms with van der Waals surface area (Å²) in [5.41, 5.74) is 2.47. The van der Waals surface area contributed by atoms with Crippen LogP contribution in [0.25, 0.3) is 16.8 Å². The van der Waals surface area contributed by atoms with Crippen molar-refractivity contribution in [2.24, 2.45) is 0 Å². The Labute approximate surface area is 145 Å². The predicted molar refractivity (Wildman–Crippen MR) is 95.3 cm³/mol. The number of esters is 1. The third-order valence-corrected chi connectivity index (χ3v) is 4.02. The molecule has 25 heavy (non-hydrogen) atoms. The van der Waals surface area contributed by atoms with E-state index in [1.54, 1.807) is 20.1 Å². The highest BCUT2D eigenvalue weighted by atomic mass is 16.5. The number of carbonyl (C=O) groups is 1. The molecule has 5 nitrogen and oxygen atoms in total. The Bertz CT molecular complexity index is 921. The largest absolute Gasteiger partial charge is 0.497 e. The second-order valence-corrected chi connectivity index (χ2v) is 5.72. The van der Waals surface area contributed by atoms with E-state index >= 15 is 0 Å². The van der Waals surface area contributed by atoms with Gasteiger partial charge in [0.1, 0.15) is 18.1 Å². The van der Waals surface area contributed by atoms with Crippen molar-refractivity contribution in [2.45, 2.75) is 20.5 Å². The lowest BCUT2D eigenvalue weighted by Crippen LogP contribution is -2.02. The molecule has 0 bridgehead atoms. The van der Waals surface area contributed by atoms with E-state index in [2.05, 4.69) is 5.16 Å². The number of carbonyl (C=O) groups excluding carboxylic acids is 1. The number of fused-ring (bicyclic) bond motifs is 1. The number of hydrogen-bond acceptors (Lipinski definition) is 5. The first-order chi connectivity index (χ1) is 12.1. The second-order valence-electron chi connectivity index (χ2n) is 5.72. The normalized spacial score (nSPS) is 11.2. The van der Waals surface area contributed by atoms with Crippen LogP contribution in [0.4, 0.5) is 0 Å². The van der Waals surface area contributed by atoms with Crippen molar-refractivity contribution in [3.05, 3.63) is 65.1 Å². The van der Waals surface area contributed by atoms with E-state index in [9.17, 15) is 4.79 Å². The Balaban J connectivity index is 1.66. The van der Waals surface area contributed by atoms with Gasteiger partial charge >= 0.3 is 5.97 Å². The fraction of sp³-hybridized carbons (Fsp3) is 0.200. The van der Waals surface area contributed by atoms with Gasteiger partial charge in [-0.05, 0) is 54.5 Å². The SMILES string of the molecule is COc1ccc2cc(/C=C/C(=O)OCc3c(C)noc3C)ccc2c1. The Hall–Kier alpha value is -3.08.